The molecule has 0 saturated heterocycles. The topological polar surface area (TPSA) is 15.8 Å². The highest BCUT2D eigenvalue weighted by Gasteiger charge is 2.15. The summed E-state index contributed by atoms with van der Waals surface area (Å²) in [4.78, 5) is 3.26. The van der Waals surface area contributed by atoms with Crippen LogP contribution in [0.1, 0.15) is 44.5 Å². The first-order valence-corrected chi connectivity index (χ1v) is 5.43. The third kappa shape index (κ3) is 3.12. The van der Waals surface area contributed by atoms with Gasteiger partial charge in [0, 0.05) is 17.5 Å². The Morgan fingerprint density at radius 3 is 2.53 bits per heavy atom. The fourth-order valence-corrected chi connectivity index (χ4v) is 1.74. The SMILES string of the molecule is C=Cc1[nH]cc(CC(C)(C)C)c1/C=C\C. The summed E-state index contributed by atoms with van der Waals surface area (Å²) in [7, 11) is 0. The highest BCUT2D eigenvalue weighted by Crippen LogP contribution is 2.26. The van der Waals surface area contributed by atoms with Crippen molar-refractivity contribution >= 4 is 12.2 Å². The van der Waals surface area contributed by atoms with Crippen LogP contribution >= 0.6 is 0 Å². The quantitative estimate of drug-likeness (QED) is 0.754. The second kappa shape index (κ2) is 4.52. The Bertz CT molecular complexity index is 361. The molecule has 1 heterocycles. The van der Waals surface area contributed by atoms with Crippen molar-refractivity contribution in [1.29, 1.82) is 0 Å². The minimum Gasteiger partial charge on any atom is -0.361 e. The van der Waals surface area contributed by atoms with Gasteiger partial charge in [-0.15, -0.1) is 0 Å². The molecule has 0 aliphatic rings. The van der Waals surface area contributed by atoms with E-state index in [0.29, 0.717) is 5.41 Å². The second-order valence-electron chi connectivity index (χ2n) is 5.08. The average molecular weight is 203 g/mol. The molecule has 0 spiro atoms. The minimum absolute atomic E-state index is 0.316. The maximum absolute atomic E-state index is 3.82. The minimum atomic E-state index is 0.316. The van der Waals surface area contributed by atoms with Gasteiger partial charge in [0.1, 0.15) is 0 Å². The van der Waals surface area contributed by atoms with Gasteiger partial charge in [0.05, 0.1) is 0 Å². The molecule has 0 fully saturated rings. The molecular formula is C14H21N. The van der Waals surface area contributed by atoms with Gasteiger partial charge in [-0.25, -0.2) is 0 Å². The zero-order chi connectivity index (χ0) is 11.5. The highest BCUT2D eigenvalue weighted by molar-refractivity contribution is 5.65. The molecule has 0 amide bonds. The lowest BCUT2D eigenvalue weighted by molar-refractivity contribution is 0.411. The van der Waals surface area contributed by atoms with Gasteiger partial charge in [0.2, 0.25) is 0 Å². The van der Waals surface area contributed by atoms with E-state index in [9.17, 15) is 0 Å². The zero-order valence-electron chi connectivity index (χ0n) is 10.2. The molecule has 15 heavy (non-hydrogen) atoms. The smallest absolute Gasteiger partial charge is 0.0450 e. The van der Waals surface area contributed by atoms with Crippen LogP contribution in [-0.2, 0) is 6.42 Å². The van der Waals surface area contributed by atoms with E-state index >= 15 is 0 Å². The van der Waals surface area contributed by atoms with Crippen LogP contribution in [0.15, 0.2) is 18.9 Å². The van der Waals surface area contributed by atoms with Gasteiger partial charge >= 0.3 is 0 Å². The van der Waals surface area contributed by atoms with E-state index in [1.54, 1.807) is 0 Å². The van der Waals surface area contributed by atoms with Crippen LogP contribution in [0.3, 0.4) is 0 Å². The van der Waals surface area contributed by atoms with E-state index in [-0.39, 0.29) is 0 Å². The number of nitrogens with one attached hydrogen (secondary N) is 1. The third-order valence-corrected chi connectivity index (χ3v) is 2.30. The van der Waals surface area contributed by atoms with Crippen LogP contribution in [0, 0.1) is 5.41 Å². The largest absolute Gasteiger partial charge is 0.361 e. The van der Waals surface area contributed by atoms with E-state index in [1.165, 1.54) is 11.1 Å². The number of hydrogen-bond donors (Lipinski definition) is 1. The van der Waals surface area contributed by atoms with Crippen LogP contribution in [0.4, 0.5) is 0 Å². The molecule has 0 unspecified atom stereocenters. The molecule has 0 saturated carbocycles. The number of hydrogen-bond acceptors (Lipinski definition) is 0. The number of allylic oxidation sites excluding steroid dienone is 1. The van der Waals surface area contributed by atoms with Gasteiger partial charge in [-0.2, -0.15) is 0 Å². The molecule has 1 aromatic rings. The van der Waals surface area contributed by atoms with Gasteiger partial charge in [-0.05, 0) is 30.4 Å². The summed E-state index contributed by atoms with van der Waals surface area (Å²) in [5, 5.41) is 0. The van der Waals surface area contributed by atoms with E-state index in [2.05, 4.69) is 50.7 Å². The van der Waals surface area contributed by atoms with Crippen molar-refractivity contribution < 1.29 is 0 Å². The molecule has 1 heteroatoms. The van der Waals surface area contributed by atoms with Crippen molar-refractivity contribution in [3.63, 3.8) is 0 Å². The Labute approximate surface area is 92.9 Å². The summed E-state index contributed by atoms with van der Waals surface area (Å²) in [5.74, 6) is 0. The summed E-state index contributed by atoms with van der Waals surface area (Å²) in [6, 6.07) is 0. The summed E-state index contributed by atoms with van der Waals surface area (Å²) in [5.41, 5.74) is 4.09. The summed E-state index contributed by atoms with van der Waals surface area (Å²) >= 11 is 0. The van der Waals surface area contributed by atoms with Crippen molar-refractivity contribution in [2.45, 2.75) is 34.1 Å². The van der Waals surface area contributed by atoms with Gasteiger partial charge in [-0.3, -0.25) is 0 Å². The fourth-order valence-electron chi connectivity index (χ4n) is 1.74. The van der Waals surface area contributed by atoms with E-state index in [4.69, 9.17) is 0 Å². The Morgan fingerprint density at radius 2 is 2.07 bits per heavy atom. The van der Waals surface area contributed by atoms with Crippen LogP contribution in [0.2, 0.25) is 0 Å². The molecule has 0 aliphatic heterocycles. The molecule has 0 atom stereocenters. The van der Waals surface area contributed by atoms with Gasteiger partial charge in [0.25, 0.3) is 0 Å². The zero-order valence-corrected chi connectivity index (χ0v) is 10.2. The Balaban J connectivity index is 3.07. The lowest BCUT2D eigenvalue weighted by Gasteiger charge is -2.17. The number of H-pyrrole nitrogens is 1. The fraction of sp³-hybridized carbons (Fsp3) is 0.429. The Hall–Kier alpha value is -1.24. The normalized spacial score (nSPS) is 12.3. The number of aromatic amines is 1. The van der Waals surface area contributed by atoms with Crippen molar-refractivity contribution in [3.05, 3.63) is 35.7 Å². The predicted octanol–water partition coefficient (Wildman–Crippen LogP) is 4.28. The highest BCUT2D eigenvalue weighted by atomic mass is 14.7. The Morgan fingerprint density at radius 1 is 1.40 bits per heavy atom. The van der Waals surface area contributed by atoms with Crippen LogP contribution in [0.25, 0.3) is 12.2 Å². The summed E-state index contributed by atoms with van der Waals surface area (Å²) in [6.07, 6.45) is 9.27. The summed E-state index contributed by atoms with van der Waals surface area (Å²) in [6.45, 7) is 12.6. The first kappa shape index (κ1) is 11.8. The van der Waals surface area contributed by atoms with Crippen LogP contribution < -0.4 is 0 Å². The molecule has 1 rings (SSSR count). The molecule has 1 N–H and O–H groups in total. The standard InChI is InChI=1S/C14H21N/c1-6-8-12-11(9-14(3,4)5)10-15-13(12)7-2/h6-8,10,15H,2,9H2,1,3-5H3/b8-6-. The monoisotopic (exact) mass is 203 g/mol. The number of aromatic nitrogens is 1. The van der Waals surface area contributed by atoms with E-state index in [0.717, 1.165) is 12.1 Å². The predicted molar refractivity (Wildman–Crippen MR) is 68.8 cm³/mol. The first-order chi connectivity index (χ1) is 6.98. The molecule has 1 nitrogen and oxygen atoms in total. The van der Waals surface area contributed by atoms with Crippen molar-refractivity contribution in [2.24, 2.45) is 5.41 Å². The molecule has 0 bridgehead atoms. The summed E-state index contributed by atoms with van der Waals surface area (Å²) < 4.78 is 0. The van der Waals surface area contributed by atoms with Gasteiger partial charge in [-0.1, -0.05) is 39.5 Å². The lowest BCUT2D eigenvalue weighted by Crippen LogP contribution is -2.09. The lowest BCUT2D eigenvalue weighted by atomic mass is 9.87. The van der Waals surface area contributed by atoms with Gasteiger partial charge in [0.15, 0.2) is 0 Å². The molecule has 0 aliphatic carbocycles. The maximum atomic E-state index is 3.82. The van der Waals surface area contributed by atoms with E-state index in [1.807, 2.05) is 13.0 Å². The van der Waals surface area contributed by atoms with Crippen LogP contribution in [0.5, 0.6) is 0 Å². The average Bonchev–Trinajstić information content (AvgIpc) is 2.47. The van der Waals surface area contributed by atoms with E-state index < -0.39 is 0 Å². The van der Waals surface area contributed by atoms with Crippen molar-refractivity contribution in [2.75, 3.05) is 0 Å². The molecule has 1 aromatic heterocycles. The third-order valence-electron chi connectivity index (χ3n) is 2.30. The number of rotatable bonds is 3. The van der Waals surface area contributed by atoms with Crippen LogP contribution in [-0.4, -0.2) is 4.98 Å². The van der Waals surface area contributed by atoms with Crippen molar-refractivity contribution in [3.8, 4) is 0 Å². The maximum Gasteiger partial charge on any atom is 0.0450 e. The van der Waals surface area contributed by atoms with Crippen molar-refractivity contribution in [1.82, 2.24) is 4.98 Å². The Kier molecular flexibility index (Phi) is 3.57. The van der Waals surface area contributed by atoms with Gasteiger partial charge < -0.3 is 4.98 Å². The first-order valence-electron chi connectivity index (χ1n) is 5.43. The molecule has 82 valence electrons. The molecular weight excluding hydrogens is 182 g/mol. The molecule has 0 aromatic carbocycles. The second-order valence-corrected chi connectivity index (χ2v) is 5.08. The molecule has 0 radical (unpaired) electrons.